The van der Waals surface area contributed by atoms with Gasteiger partial charge in [0.25, 0.3) is 10.0 Å². The van der Waals surface area contributed by atoms with E-state index < -0.39 is 10.0 Å². The number of carbonyl (C=O) groups is 1. The van der Waals surface area contributed by atoms with E-state index >= 15 is 0 Å². The molecule has 33 heavy (non-hydrogen) atoms. The maximum Gasteiger partial charge on any atom is 0.252 e. The van der Waals surface area contributed by atoms with Crippen LogP contribution in [0.25, 0.3) is 11.4 Å². The van der Waals surface area contributed by atoms with E-state index in [1.807, 2.05) is 0 Å². The molecule has 1 aliphatic heterocycles. The summed E-state index contributed by atoms with van der Waals surface area (Å²) in [6, 6.07) is 7.81. The highest BCUT2D eigenvalue weighted by Gasteiger charge is 2.27. The molecule has 0 atom stereocenters. The lowest BCUT2D eigenvalue weighted by atomic mass is 10.1. The van der Waals surface area contributed by atoms with Gasteiger partial charge in [0.2, 0.25) is 17.6 Å². The molecule has 4 rings (SSSR count). The lowest BCUT2D eigenvalue weighted by molar-refractivity contribution is -0.121. The summed E-state index contributed by atoms with van der Waals surface area (Å²) >= 11 is 1.14. The largest absolute Gasteiger partial charge is 0.379 e. The van der Waals surface area contributed by atoms with Crippen molar-refractivity contribution >= 4 is 27.3 Å². The molecule has 1 saturated heterocycles. The summed E-state index contributed by atoms with van der Waals surface area (Å²) in [5.41, 5.74) is 1.11. The van der Waals surface area contributed by atoms with Crippen molar-refractivity contribution in [1.29, 1.82) is 0 Å². The highest BCUT2D eigenvalue weighted by atomic mass is 32.2. The molecule has 3 aromatic rings. The highest BCUT2D eigenvalue weighted by molar-refractivity contribution is 7.91. The molecule has 176 valence electrons. The van der Waals surface area contributed by atoms with Gasteiger partial charge in [0, 0.05) is 36.4 Å². The fourth-order valence-corrected chi connectivity index (χ4v) is 6.12. The Hall–Kier alpha value is -2.67. The first-order valence-corrected chi connectivity index (χ1v) is 12.6. The van der Waals surface area contributed by atoms with Gasteiger partial charge < -0.3 is 14.6 Å². The number of sulfonamides is 1. The first kappa shape index (κ1) is 23.5. The Morgan fingerprint density at radius 1 is 1.24 bits per heavy atom. The highest BCUT2D eigenvalue weighted by Crippen LogP contribution is 2.25. The van der Waals surface area contributed by atoms with Crippen LogP contribution in [0.3, 0.4) is 0 Å². The number of halogens is 1. The molecule has 1 amide bonds. The topological polar surface area (TPSA) is 115 Å². The minimum atomic E-state index is -3.54. The van der Waals surface area contributed by atoms with Crippen LogP contribution in [0, 0.1) is 12.7 Å². The summed E-state index contributed by atoms with van der Waals surface area (Å²) in [4.78, 5) is 17.2. The molecular formula is C21H23FN4O5S2. The van der Waals surface area contributed by atoms with Crippen LogP contribution in [0.5, 0.6) is 0 Å². The lowest BCUT2D eigenvalue weighted by Gasteiger charge is -2.25. The Labute approximate surface area is 194 Å². The molecule has 1 aromatic carbocycles. The molecule has 0 aliphatic carbocycles. The number of morpholine rings is 1. The Morgan fingerprint density at radius 2 is 2.03 bits per heavy atom. The van der Waals surface area contributed by atoms with Gasteiger partial charge in [-0.05, 0) is 42.8 Å². The number of hydrogen-bond acceptors (Lipinski definition) is 8. The maximum atomic E-state index is 13.4. The van der Waals surface area contributed by atoms with E-state index in [-0.39, 0.29) is 35.3 Å². The summed E-state index contributed by atoms with van der Waals surface area (Å²) in [7, 11) is -3.54. The Morgan fingerprint density at radius 3 is 2.79 bits per heavy atom. The molecule has 0 bridgehead atoms. The van der Waals surface area contributed by atoms with Crippen molar-refractivity contribution < 1.29 is 26.9 Å². The average Bonchev–Trinajstić information content (AvgIpc) is 3.49. The van der Waals surface area contributed by atoms with Crippen molar-refractivity contribution in [1.82, 2.24) is 19.8 Å². The number of benzene rings is 1. The number of ether oxygens (including phenoxy) is 1. The van der Waals surface area contributed by atoms with Gasteiger partial charge in [0.1, 0.15) is 10.0 Å². The van der Waals surface area contributed by atoms with E-state index in [1.165, 1.54) is 10.4 Å². The number of nitrogens with zero attached hydrogens (tertiary/aromatic N) is 3. The molecule has 1 N–H and O–H groups in total. The Balaban J connectivity index is 1.27. The van der Waals surface area contributed by atoms with Crippen LogP contribution >= 0.6 is 11.3 Å². The van der Waals surface area contributed by atoms with Crippen molar-refractivity contribution in [3.05, 3.63) is 52.5 Å². The summed E-state index contributed by atoms with van der Waals surface area (Å²) in [6.07, 6.45) is 0.383. The van der Waals surface area contributed by atoms with Crippen molar-refractivity contribution in [2.75, 3.05) is 26.3 Å². The van der Waals surface area contributed by atoms with E-state index in [4.69, 9.17) is 9.26 Å². The smallest absolute Gasteiger partial charge is 0.252 e. The molecule has 2 aromatic heterocycles. The van der Waals surface area contributed by atoms with Crippen LogP contribution in [0.1, 0.15) is 22.8 Å². The Bertz CT molecular complexity index is 1240. The average molecular weight is 495 g/mol. The SMILES string of the molecule is Cc1cc(-c2noc(CCC(=O)NCc3ccc(S(=O)(=O)N4CCOCC4)s3)n2)ccc1F. The van der Waals surface area contributed by atoms with Gasteiger partial charge in [-0.2, -0.15) is 9.29 Å². The third-order valence-corrected chi connectivity index (χ3v) is 8.56. The number of hydrogen-bond donors (Lipinski definition) is 1. The van der Waals surface area contributed by atoms with Crippen LogP contribution in [0.2, 0.25) is 0 Å². The second-order valence-corrected chi connectivity index (χ2v) is 10.8. The van der Waals surface area contributed by atoms with Gasteiger partial charge in [-0.1, -0.05) is 5.16 Å². The molecule has 12 heteroatoms. The van der Waals surface area contributed by atoms with Gasteiger partial charge in [-0.15, -0.1) is 11.3 Å². The molecule has 1 fully saturated rings. The number of amides is 1. The molecule has 9 nitrogen and oxygen atoms in total. The van der Waals surface area contributed by atoms with E-state index in [1.54, 1.807) is 31.2 Å². The number of aryl methyl sites for hydroxylation is 2. The molecule has 0 radical (unpaired) electrons. The maximum absolute atomic E-state index is 13.4. The zero-order valence-corrected chi connectivity index (χ0v) is 19.5. The third kappa shape index (κ3) is 5.64. The lowest BCUT2D eigenvalue weighted by Crippen LogP contribution is -2.40. The first-order valence-electron chi connectivity index (χ1n) is 10.4. The minimum Gasteiger partial charge on any atom is -0.379 e. The number of thiophene rings is 1. The van der Waals surface area contributed by atoms with Crippen LogP contribution in [-0.4, -0.2) is 55.1 Å². The van der Waals surface area contributed by atoms with Crippen molar-refractivity contribution in [3.8, 4) is 11.4 Å². The van der Waals surface area contributed by atoms with Crippen molar-refractivity contribution in [3.63, 3.8) is 0 Å². The fourth-order valence-electron chi connectivity index (χ4n) is 3.26. The quantitative estimate of drug-likeness (QED) is 0.512. The van der Waals surface area contributed by atoms with E-state index in [0.29, 0.717) is 49.1 Å². The van der Waals surface area contributed by atoms with Crippen LogP contribution in [-0.2, 0) is 32.5 Å². The zero-order chi connectivity index (χ0) is 23.4. The van der Waals surface area contributed by atoms with Crippen molar-refractivity contribution in [2.45, 2.75) is 30.5 Å². The normalized spacial score (nSPS) is 15.0. The van der Waals surface area contributed by atoms with Gasteiger partial charge in [-0.25, -0.2) is 12.8 Å². The monoisotopic (exact) mass is 494 g/mol. The van der Waals surface area contributed by atoms with Gasteiger partial charge in [0.05, 0.1) is 19.8 Å². The number of rotatable bonds is 8. The van der Waals surface area contributed by atoms with Gasteiger partial charge in [0.15, 0.2) is 0 Å². The molecule has 0 spiro atoms. The molecule has 0 saturated carbocycles. The first-order chi connectivity index (χ1) is 15.8. The second kappa shape index (κ2) is 10.1. The van der Waals surface area contributed by atoms with Crippen molar-refractivity contribution in [2.24, 2.45) is 0 Å². The molecule has 0 unspecified atom stereocenters. The summed E-state index contributed by atoms with van der Waals surface area (Å²) < 4.78 is 50.9. The zero-order valence-electron chi connectivity index (χ0n) is 17.9. The summed E-state index contributed by atoms with van der Waals surface area (Å²) in [6.45, 7) is 3.33. The predicted octanol–water partition coefficient (Wildman–Crippen LogP) is 2.52. The summed E-state index contributed by atoms with van der Waals surface area (Å²) in [5, 5.41) is 6.66. The molecule has 3 heterocycles. The summed E-state index contributed by atoms with van der Waals surface area (Å²) in [5.74, 6) is 0.104. The minimum absolute atomic E-state index is 0.133. The van der Waals surface area contributed by atoms with E-state index in [0.717, 1.165) is 16.2 Å². The van der Waals surface area contributed by atoms with Crippen LogP contribution in [0.4, 0.5) is 4.39 Å². The van der Waals surface area contributed by atoms with E-state index in [9.17, 15) is 17.6 Å². The third-order valence-electron chi connectivity index (χ3n) is 5.11. The number of carbonyl (C=O) groups excluding carboxylic acids is 1. The fraction of sp³-hybridized carbons (Fsp3) is 0.381. The van der Waals surface area contributed by atoms with E-state index in [2.05, 4.69) is 15.5 Å². The molecule has 1 aliphatic rings. The van der Waals surface area contributed by atoms with Crippen LogP contribution < -0.4 is 5.32 Å². The van der Waals surface area contributed by atoms with Gasteiger partial charge >= 0.3 is 0 Å². The number of aromatic nitrogens is 2. The number of nitrogens with one attached hydrogen (secondary N) is 1. The predicted molar refractivity (Wildman–Crippen MR) is 118 cm³/mol. The van der Waals surface area contributed by atoms with Crippen LogP contribution in [0.15, 0.2) is 39.1 Å². The Kier molecular flexibility index (Phi) is 7.17. The standard InChI is InChI=1S/C21H23FN4O5S2/c1-14-12-15(2-4-17(14)22)21-24-19(31-25-21)6-5-18(27)23-13-16-3-7-20(32-16)33(28,29)26-8-10-30-11-9-26/h2-4,7,12H,5-6,8-11,13H2,1H3,(H,23,27). The van der Waals surface area contributed by atoms with Gasteiger partial charge in [-0.3, -0.25) is 4.79 Å². The second-order valence-electron chi connectivity index (χ2n) is 7.49. The molecular weight excluding hydrogens is 471 g/mol.